The van der Waals surface area contributed by atoms with Crippen molar-refractivity contribution in [3.63, 3.8) is 0 Å². The first-order chi connectivity index (χ1) is 16.6. The number of piperidine rings is 1. The first-order valence-electron chi connectivity index (χ1n) is 11.9. The SMILES string of the molecule is COc1cccc(C(=O)N2CCC(C(=O)N3CCN(Cc4ccc5c(c4)OCO5)CC3)CC2)c1. The largest absolute Gasteiger partial charge is 0.497 e. The molecule has 0 radical (unpaired) electrons. The summed E-state index contributed by atoms with van der Waals surface area (Å²) in [5.41, 5.74) is 1.82. The van der Waals surface area contributed by atoms with Crippen molar-refractivity contribution >= 4 is 11.8 Å². The molecule has 0 spiro atoms. The van der Waals surface area contributed by atoms with E-state index in [1.54, 1.807) is 13.2 Å². The topological polar surface area (TPSA) is 71.6 Å². The van der Waals surface area contributed by atoms with Gasteiger partial charge in [0.15, 0.2) is 11.5 Å². The normalized spacial score (nSPS) is 18.7. The molecular formula is C26H31N3O5. The monoisotopic (exact) mass is 465 g/mol. The molecule has 2 fully saturated rings. The number of benzene rings is 2. The third-order valence-corrected chi connectivity index (χ3v) is 6.98. The van der Waals surface area contributed by atoms with Gasteiger partial charge in [0, 0.05) is 57.3 Å². The lowest BCUT2D eigenvalue weighted by Crippen LogP contribution is -2.51. The van der Waals surface area contributed by atoms with Gasteiger partial charge < -0.3 is 24.0 Å². The number of nitrogens with zero attached hydrogens (tertiary/aromatic N) is 3. The molecule has 8 heteroatoms. The van der Waals surface area contributed by atoms with Crippen molar-refractivity contribution in [2.45, 2.75) is 19.4 Å². The quantitative estimate of drug-likeness (QED) is 0.676. The predicted octanol–water partition coefficient (Wildman–Crippen LogP) is 2.62. The lowest BCUT2D eigenvalue weighted by atomic mass is 9.94. The zero-order valence-electron chi connectivity index (χ0n) is 19.6. The minimum atomic E-state index is -0.00484. The first kappa shape index (κ1) is 22.5. The number of amides is 2. The van der Waals surface area contributed by atoms with Crippen LogP contribution in [0.4, 0.5) is 0 Å². The lowest BCUT2D eigenvalue weighted by molar-refractivity contribution is -0.138. The maximum atomic E-state index is 13.1. The second-order valence-electron chi connectivity index (χ2n) is 9.09. The molecule has 0 aliphatic carbocycles. The molecule has 0 bridgehead atoms. The smallest absolute Gasteiger partial charge is 0.253 e. The molecular weight excluding hydrogens is 434 g/mol. The summed E-state index contributed by atoms with van der Waals surface area (Å²) in [7, 11) is 1.60. The molecule has 180 valence electrons. The van der Waals surface area contributed by atoms with E-state index < -0.39 is 0 Å². The third-order valence-electron chi connectivity index (χ3n) is 6.98. The third kappa shape index (κ3) is 4.82. The molecule has 3 heterocycles. The van der Waals surface area contributed by atoms with Crippen molar-refractivity contribution in [1.29, 1.82) is 0 Å². The number of methoxy groups -OCH3 is 1. The average molecular weight is 466 g/mol. The Labute approximate surface area is 200 Å². The van der Waals surface area contributed by atoms with Crippen LogP contribution in [0.1, 0.15) is 28.8 Å². The summed E-state index contributed by atoms with van der Waals surface area (Å²) in [5, 5.41) is 0. The van der Waals surface area contributed by atoms with Crippen molar-refractivity contribution in [3.05, 3.63) is 53.6 Å². The highest BCUT2D eigenvalue weighted by molar-refractivity contribution is 5.94. The number of carbonyl (C=O) groups excluding carboxylic acids is 2. The van der Waals surface area contributed by atoms with Crippen molar-refractivity contribution in [2.24, 2.45) is 5.92 Å². The van der Waals surface area contributed by atoms with Crippen LogP contribution in [0.15, 0.2) is 42.5 Å². The van der Waals surface area contributed by atoms with Gasteiger partial charge in [0.25, 0.3) is 5.91 Å². The van der Waals surface area contributed by atoms with E-state index in [0.717, 1.165) is 44.2 Å². The zero-order chi connectivity index (χ0) is 23.5. The van der Waals surface area contributed by atoms with Crippen LogP contribution in [-0.2, 0) is 11.3 Å². The van der Waals surface area contributed by atoms with E-state index in [0.29, 0.717) is 37.2 Å². The van der Waals surface area contributed by atoms with Crippen LogP contribution >= 0.6 is 0 Å². The fraction of sp³-hybridized carbons (Fsp3) is 0.462. The highest BCUT2D eigenvalue weighted by Gasteiger charge is 2.32. The summed E-state index contributed by atoms with van der Waals surface area (Å²) in [4.78, 5) is 32.2. The molecule has 0 saturated carbocycles. The number of hydrogen-bond donors (Lipinski definition) is 0. The number of likely N-dealkylation sites (tertiary alicyclic amines) is 1. The van der Waals surface area contributed by atoms with E-state index >= 15 is 0 Å². The van der Waals surface area contributed by atoms with Gasteiger partial charge in [-0.1, -0.05) is 12.1 Å². The molecule has 2 saturated heterocycles. The number of piperazine rings is 1. The van der Waals surface area contributed by atoms with Gasteiger partial charge in [-0.05, 0) is 48.7 Å². The Morgan fingerprint density at radius 3 is 2.44 bits per heavy atom. The fourth-order valence-corrected chi connectivity index (χ4v) is 4.95. The Balaban J connectivity index is 1.09. The minimum absolute atomic E-state index is 0.00179. The van der Waals surface area contributed by atoms with E-state index in [9.17, 15) is 9.59 Å². The van der Waals surface area contributed by atoms with Gasteiger partial charge >= 0.3 is 0 Å². The summed E-state index contributed by atoms with van der Waals surface area (Å²) in [6, 6.07) is 13.3. The Morgan fingerprint density at radius 2 is 1.68 bits per heavy atom. The number of carbonyl (C=O) groups is 2. The van der Waals surface area contributed by atoms with Crippen LogP contribution in [0.25, 0.3) is 0 Å². The van der Waals surface area contributed by atoms with Crippen molar-refractivity contribution in [2.75, 3.05) is 53.2 Å². The molecule has 34 heavy (non-hydrogen) atoms. The molecule has 2 aromatic carbocycles. The van der Waals surface area contributed by atoms with E-state index in [4.69, 9.17) is 14.2 Å². The van der Waals surface area contributed by atoms with Crippen LogP contribution < -0.4 is 14.2 Å². The van der Waals surface area contributed by atoms with Gasteiger partial charge in [-0.15, -0.1) is 0 Å². The number of hydrogen-bond acceptors (Lipinski definition) is 6. The Hall–Kier alpha value is -3.26. The highest BCUT2D eigenvalue weighted by atomic mass is 16.7. The van der Waals surface area contributed by atoms with Crippen molar-refractivity contribution < 1.29 is 23.8 Å². The molecule has 8 nitrogen and oxygen atoms in total. The summed E-state index contributed by atoms with van der Waals surface area (Å²) >= 11 is 0. The minimum Gasteiger partial charge on any atom is -0.497 e. The second kappa shape index (κ2) is 9.93. The molecule has 2 aromatic rings. The van der Waals surface area contributed by atoms with Crippen LogP contribution in [-0.4, -0.2) is 79.7 Å². The summed E-state index contributed by atoms with van der Waals surface area (Å²) in [6.07, 6.45) is 1.43. The standard InChI is InChI=1S/C26H31N3O5/c1-32-22-4-2-3-21(16-22)26(31)28-9-7-20(8-10-28)25(30)29-13-11-27(12-14-29)17-19-5-6-23-24(15-19)34-18-33-23/h2-6,15-16,20H,7-14,17-18H2,1H3. The Kier molecular flexibility index (Phi) is 6.58. The van der Waals surface area contributed by atoms with E-state index in [1.165, 1.54) is 5.56 Å². The Bertz CT molecular complexity index is 1040. The summed E-state index contributed by atoms with van der Waals surface area (Å²) in [6.45, 7) is 5.53. The molecule has 2 amide bonds. The molecule has 5 rings (SSSR count). The molecule has 0 unspecified atom stereocenters. The van der Waals surface area contributed by atoms with Gasteiger partial charge in [0.05, 0.1) is 7.11 Å². The van der Waals surface area contributed by atoms with Crippen molar-refractivity contribution in [1.82, 2.24) is 14.7 Å². The fourth-order valence-electron chi connectivity index (χ4n) is 4.95. The van der Waals surface area contributed by atoms with Crippen LogP contribution in [0.5, 0.6) is 17.2 Å². The lowest BCUT2D eigenvalue weighted by Gasteiger charge is -2.38. The number of rotatable bonds is 5. The predicted molar refractivity (Wildman–Crippen MR) is 126 cm³/mol. The van der Waals surface area contributed by atoms with E-state index in [1.807, 2.05) is 40.1 Å². The first-order valence-corrected chi connectivity index (χ1v) is 11.9. The van der Waals surface area contributed by atoms with Gasteiger partial charge in [-0.2, -0.15) is 0 Å². The zero-order valence-corrected chi connectivity index (χ0v) is 19.6. The number of fused-ring (bicyclic) bond motifs is 1. The van der Waals surface area contributed by atoms with Gasteiger partial charge in [-0.25, -0.2) is 0 Å². The highest BCUT2D eigenvalue weighted by Crippen LogP contribution is 2.33. The van der Waals surface area contributed by atoms with Gasteiger partial charge in [0.1, 0.15) is 5.75 Å². The maximum absolute atomic E-state index is 13.1. The van der Waals surface area contributed by atoms with E-state index in [-0.39, 0.29) is 24.5 Å². The average Bonchev–Trinajstić information content (AvgIpc) is 3.36. The summed E-state index contributed by atoms with van der Waals surface area (Å²) < 4.78 is 16.1. The molecule has 0 aromatic heterocycles. The number of ether oxygens (including phenoxy) is 3. The summed E-state index contributed by atoms with van der Waals surface area (Å²) in [5.74, 6) is 2.51. The molecule has 3 aliphatic rings. The molecule has 0 N–H and O–H groups in total. The van der Waals surface area contributed by atoms with E-state index in [2.05, 4.69) is 11.0 Å². The van der Waals surface area contributed by atoms with Crippen LogP contribution in [0, 0.1) is 5.92 Å². The Morgan fingerprint density at radius 1 is 0.912 bits per heavy atom. The van der Waals surface area contributed by atoms with Crippen LogP contribution in [0.3, 0.4) is 0 Å². The van der Waals surface area contributed by atoms with Crippen molar-refractivity contribution in [3.8, 4) is 17.2 Å². The van der Waals surface area contributed by atoms with Gasteiger partial charge in [0.2, 0.25) is 12.7 Å². The second-order valence-corrected chi connectivity index (χ2v) is 9.09. The molecule has 3 aliphatic heterocycles. The molecule has 0 atom stereocenters. The maximum Gasteiger partial charge on any atom is 0.253 e. The van der Waals surface area contributed by atoms with Gasteiger partial charge in [-0.3, -0.25) is 14.5 Å². The van der Waals surface area contributed by atoms with Crippen LogP contribution in [0.2, 0.25) is 0 Å².